The normalized spacial score (nSPS) is 10.2. The highest BCUT2D eigenvalue weighted by molar-refractivity contribution is 5.77. The molecule has 0 aromatic heterocycles. The van der Waals surface area contributed by atoms with Crippen LogP contribution in [0.15, 0.2) is 42.5 Å². The van der Waals surface area contributed by atoms with Crippen LogP contribution in [-0.2, 0) is 11.2 Å². The topological polar surface area (TPSA) is 47.6 Å². The molecule has 1 N–H and O–H groups in total. The molecule has 122 valence electrons. The average molecular weight is 321 g/mol. The van der Waals surface area contributed by atoms with Gasteiger partial charge in [-0.05, 0) is 36.2 Å². The van der Waals surface area contributed by atoms with Crippen LogP contribution in [-0.4, -0.2) is 26.2 Å². The van der Waals surface area contributed by atoms with Gasteiger partial charge in [-0.15, -0.1) is 0 Å². The fourth-order valence-corrected chi connectivity index (χ4v) is 1.97. The van der Waals surface area contributed by atoms with Crippen molar-refractivity contribution in [3.63, 3.8) is 0 Å². The summed E-state index contributed by atoms with van der Waals surface area (Å²) in [6, 6.07) is 10.5. The number of nitrogens with one attached hydrogen (secondary N) is 1. The molecule has 0 saturated carbocycles. The summed E-state index contributed by atoms with van der Waals surface area (Å²) < 4.78 is 36.7. The molecular weight excluding hydrogens is 304 g/mol. The van der Waals surface area contributed by atoms with E-state index in [2.05, 4.69) is 5.32 Å². The molecule has 0 aliphatic carbocycles. The van der Waals surface area contributed by atoms with Crippen molar-refractivity contribution in [1.29, 1.82) is 0 Å². The number of carbonyl (C=O) groups is 1. The van der Waals surface area contributed by atoms with Gasteiger partial charge in [0.1, 0.15) is 0 Å². The van der Waals surface area contributed by atoms with Crippen LogP contribution in [0.1, 0.15) is 5.56 Å². The van der Waals surface area contributed by atoms with Gasteiger partial charge in [0.2, 0.25) is 0 Å². The van der Waals surface area contributed by atoms with Crippen molar-refractivity contribution in [3.05, 3.63) is 59.7 Å². The molecule has 0 atom stereocenters. The number of benzene rings is 2. The zero-order valence-electron chi connectivity index (χ0n) is 12.6. The SMILES string of the molecule is COc1ccc(CCNC(=O)COc2ccccc2F)cc1F. The van der Waals surface area contributed by atoms with Crippen LogP contribution in [0.25, 0.3) is 0 Å². The largest absolute Gasteiger partial charge is 0.494 e. The summed E-state index contributed by atoms with van der Waals surface area (Å²) in [5.74, 6) is -1.13. The molecule has 23 heavy (non-hydrogen) atoms. The number of hydrogen-bond acceptors (Lipinski definition) is 3. The Morgan fingerprint density at radius 3 is 2.57 bits per heavy atom. The number of ether oxygens (including phenoxy) is 2. The molecule has 6 heteroatoms. The minimum absolute atomic E-state index is 0.0277. The van der Waals surface area contributed by atoms with Gasteiger partial charge in [-0.1, -0.05) is 18.2 Å². The van der Waals surface area contributed by atoms with E-state index in [9.17, 15) is 13.6 Å². The lowest BCUT2D eigenvalue weighted by Gasteiger charge is -2.09. The molecule has 2 aromatic carbocycles. The fourth-order valence-electron chi connectivity index (χ4n) is 1.97. The minimum Gasteiger partial charge on any atom is -0.494 e. The average Bonchev–Trinajstić information content (AvgIpc) is 2.54. The highest BCUT2D eigenvalue weighted by Crippen LogP contribution is 2.18. The van der Waals surface area contributed by atoms with E-state index in [1.54, 1.807) is 12.1 Å². The van der Waals surface area contributed by atoms with Gasteiger partial charge in [-0.2, -0.15) is 0 Å². The molecule has 0 unspecified atom stereocenters. The molecule has 2 rings (SSSR count). The number of carbonyl (C=O) groups excluding carboxylic acids is 1. The van der Waals surface area contributed by atoms with Gasteiger partial charge in [-0.25, -0.2) is 8.78 Å². The molecule has 0 saturated heterocycles. The first-order valence-electron chi connectivity index (χ1n) is 7.06. The third-order valence-electron chi connectivity index (χ3n) is 3.15. The molecule has 0 spiro atoms. The van der Waals surface area contributed by atoms with Crippen molar-refractivity contribution in [2.24, 2.45) is 0 Å². The molecule has 0 radical (unpaired) electrons. The van der Waals surface area contributed by atoms with Gasteiger partial charge in [0.15, 0.2) is 29.7 Å². The minimum atomic E-state index is -0.519. The van der Waals surface area contributed by atoms with Crippen molar-refractivity contribution in [2.75, 3.05) is 20.3 Å². The van der Waals surface area contributed by atoms with Crippen LogP contribution in [0.2, 0.25) is 0 Å². The van der Waals surface area contributed by atoms with Gasteiger partial charge >= 0.3 is 0 Å². The van der Waals surface area contributed by atoms with Crippen molar-refractivity contribution in [1.82, 2.24) is 5.32 Å². The summed E-state index contributed by atoms with van der Waals surface area (Å²) >= 11 is 0. The Morgan fingerprint density at radius 1 is 1.09 bits per heavy atom. The van der Waals surface area contributed by atoms with E-state index in [0.29, 0.717) is 13.0 Å². The molecule has 0 aliphatic heterocycles. The molecule has 0 bridgehead atoms. The van der Waals surface area contributed by atoms with Gasteiger partial charge < -0.3 is 14.8 Å². The molecular formula is C17H17F2NO3. The van der Waals surface area contributed by atoms with Crippen molar-refractivity contribution < 1.29 is 23.0 Å². The Labute approximate surface area is 133 Å². The van der Waals surface area contributed by atoms with Crippen LogP contribution in [0.3, 0.4) is 0 Å². The summed E-state index contributed by atoms with van der Waals surface area (Å²) in [6.07, 6.45) is 0.465. The lowest BCUT2D eigenvalue weighted by Crippen LogP contribution is -2.30. The molecule has 4 nitrogen and oxygen atoms in total. The van der Waals surface area contributed by atoms with E-state index in [0.717, 1.165) is 5.56 Å². The third kappa shape index (κ3) is 4.95. The first-order chi connectivity index (χ1) is 11.1. The number of methoxy groups -OCH3 is 1. The van der Waals surface area contributed by atoms with Crippen LogP contribution in [0, 0.1) is 11.6 Å². The lowest BCUT2D eigenvalue weighted by molar-refractivity contribution is -0.123. The number of amides is 1. The monoisotopic (exact) mass is 321 g/mol. The van der Waals surface area contributed by atoms with Crippen LogP contribution in [0.4, 0.5) is 8.78 Å². The Bertz CT molecular complexity index is 677. The summed E-state index contributed by atoms with van der Waals surface area (Å²) in [7, 11) is 1.40. The van der Waals surface area contributed by atoms with Crippen LogP contribution >= 0.6 is 0 Å². The summed E-state index contributed by atoms with van der Waals surface area (Å²) in [6.45, 7) is 0.0448. The first-order valence-corrected chi connectivity index (χ1v) is 7.06. The van der Waals surface area contributed by atoms with E-state index in [1.807, 2.05) is 0 Å². The highest BCUT2D eigenvalue weighted by atomic mass is 19.1. The number of rotatable bonds is 7. The number of para-hydroxylation sites is 1. The van der Waals surface area contributed by atoms with E-state index < -0.39 is 11.6 Å². The van der Waals surface area contributed by atoms with E-state index >= 15 is 0 Å². The smallest absolute Gasteiger partial charge is 0.257 e. The second kappa shape index (κ2) is 8.12. The lowest BCUT2D eigenvalue weighted by atomic mass is 10.1. The maximum Gasteiger partial charge on any atom is 0.257 e. The number of hydrogen-bond donors (Lipinski definition) is 1. The zero-order chi connectivity index (χ0) is 16.7. The summed E-state index contributed by atoms with van der Waals surface area (Å²) in [5, 5.41) is 2.63. The third-order valence-corrected chi connectivity index (χ3v) is 3.15. The van der Waals surface area contributed by atoms with Gasteiger partial charge in [-0.3, -0.25) is 4.79 Å². The van der Waals surface area contributed by atoms with Crippen molar-refractivity contribution >= 4 is 5.91 Å². The highest BCUT2D eigenvalue weighted by Gasteiger charge is 2.07. The Morgan fingerprint density at radius 2 is 1.87 bits per heavy atom. The molecule has 0 fully saturated rings. The zero-order valence-corrected chi connectivity index (χ0v) is 12.6. The van der Waals surface area contributed by atoms with Crippen molar-refractivity contribution in [3.8, 4) is 11.5 Å². The fraction of sp³-hybridized carbons (Fsp3) is 0.235. The maximum absolute atomic E-state index is 13.5. The Balaban J connectivity index is 1.74. The van der Waals surface area contributed by atoms with E-state index in [4.69, 9.17) is 9.47 Å². The van der Waals surface area contributed by atoms with E-state index in [1.165, 1.54) is 37.4 Å². The van der Waals surface area contributed by atoms with Gasteiger partial charge in [0.25, 0.3) is 5.91 Å². The van der Waals surface area contributed by atoms with Crippen LogP contribution in [0.5, 0.6) is 11.5 Å². The maximum atomic E-state index is 13.5. The van der Waals surface area contributed by atoms with Gasteiger partial charge in [0, 0.05) is 6.54 Å². The molecule has 2 aromatic rings. The predicted octanol–water partition coefficient (Wildman–Crippen LogP) is 2.71. The summed E-state index contributed by atoms with van der Waals surface area (Å²) in [5.41, 5.74) is 0.735. The van der Waals surface area contributed by atoms with E-state index in [-0.39, 0.29) is 24.0 Å². The second-order valence-electron chi connectivity index (χ2n) is 4.79. The second-order valence-corrected chi connectivity index (χ2v) is 4.79. The molecule has 0 aliphatic rings. The summed E-state index contributed by atoms with van der Waals surface area (Å²) in [4.78, 5) is 11.6. The quantitative estimate of drug-likeness (QED) is 0.853. The van der Waals surface area contributed by atoms with Gasteiger partial charge in [0.05, 0.1) is 7.11 Å². The standard InChI is InChI=1S/C17H17F2NO3/c1-22-15-7-6-12(10-14(15)19)8-9-20-17(21)11-23-16-5-3-2-4-13(16)18/h2-7,10H,8-9,11H2,1H3,(H,20,21). The molecule has 1 amide bonds. The number of halogens is 2. The first kappa shape index (κ1) is 16.7. The Kier molecular flexibility index (Phi) is 5.91. The van der Waals surface area contributed by atoms with Crippen molar-refractivity contribution in [2.45, 2.75) is 6.42 Å². The Hall–Kier alpha value is -2.63. The molecule has 0 heterocycles. The van der Waals surface area contributed by atoms with Crippen LogP contribution < -0.4 is 14.8 Å². The predicted molar refractivity (Wildman–Crippen MR) is 81.6 cm³/mol.